The van der Waals surface area contributed by atoms with E-state index in [9.17, 15) is 9.90 Å². The molecule has 0 heterocycles. The molecule has 0 fully saturated rings. The van der Waals surface area contributed by atoms with Crippen LogP contribution in [0.3, 0.4) is 0 Å². The predicted octanol–water partition coefficient (Wildman–Crippen LogP) is 1.62. The van der Waals surface area contributed by atoms with E-state index in [-0.39, 0.29) is 18.5 Å². The van der Waals surface area contributed by atoms with E-state index in [0.717, 1.165) is 0 Å². The third kappa shape index (κ3) is 5.85. The fourth-order valence-electron chi connectivity index (χ4n) is 1.56. The Morgan fingerprint density at radius 2 is 2.05 bits per heavy atom. The van der Waals surface area contributed by atoms with Gasteiger partial charge in [-0.25, -0.2) is 4.79 Å². The topological polar surface area (TPSA) is 74.2 Å². The molecule has 0 spiro atoms. The number of ether oxygens (including phenoxy) is 4. The largest absolute Gasteiger partial charge is 0.504 e. The Kier molecular flexibility index (Phi) is 7.28. The highest BCUT2D eigenvalue weighted by atomic mass is 16.6. The minimum absolute atomic E-state index is 0.0414. The second kappa shape index (κ2) is 8.99. The van der Waals surface area contributed by atoms with E-state index in [0.29, 0.717) is 17.9 Å². The van der Waals surface area contributed by atoms with Crippen LogP contribution in [0.5, 0.6) is 11.5 Å². The summed E-state index contributed by atoms with van der Waals surface area (Å²) in [5.74, 6) is -0.106. The van der Waals surface area contributed by atoms with Crippen molar-refractivity contribution in [3.63, 3.8) is 0 Å². The molecule has 0 saturated carbocycles. The van der Waals surface area contributed by atoms with Crippen molar-refractivity contribution in [2.75, 3.05) is 34.5 Å². The zero-order chi connectivity index (χ0) is 15.7. The average Bonchev–Trinajstić information content (AvgIpc) is 2.50. The van der Waals surface area contributed by atoms with Gasteiger partial charge >= 0.3 is 5.97 Å². The smallest absolute Gasteiger partial charge is 0.330 e. The summed E-state index contributed by atoms with van der Waals surface area (Å²) in [6.45, 7) is 0.467. The third-order valence-corrected chi connectivity index (χ3v) is 2.71. The Bertz CT molecular complexity index is 483. The molecule has 1 aromatic rings. The summed E-state index contributed by atoms with van der Waals surface area (Å²) in [4.78, 5) is 11.6. The summed E-state index contributed by atoms with van der Waals surface area (Å²) in [6.07, 6.45) is 2.58. The van der Waals surface area contributed by atoms with Crippen molar-refractivity contribution in [1.29, 1.82) is 0 Å². The highest BCUT2D eigenvalue weighted by Gasteiger charge is 2.09. The van der Waals surface area contributed by atoms with Crippen molar-refractivity contribution in [2.45, 2.75) is 6.10 Å². The number of benzene rings is 1. The molecule has 0 radical (unpaired) electrons. The Balaban J connectivity index is 2.54. The lowest BCUT2D eigenvalue weighted by Crippen LogP contribution is -2.24. The summed E-state index contributed by atoms with van der Waals surface area (Å²) in [7, 11) is 4.53. The molecule has 1 aromatic carbocycles. The first-order valence-electron chi connectivity index (χ1n) is 6.34. The molecular weight excluding hydrogens is 276 g/mol. The minimum atomic E-state index is -0.486. The standard InChI is InChI=1S/C15H20O6/c1-18-9-12(19-2)10-21-15(17)7-5-11-4-6-13(16)14(8-11)20-3/h4-8,12,16H,9-10H2,1-3H3. The van der Waals surface area contributed by atoms with Crippen molar-refractivity contribution < 1.29 is 28.8 Å². The SMILES string of the molecule is COCC(COC(=O)C=Cc1ccc(O)c(OC)c1)OC. The number of phenolic OH excluding ortho intramolecular Hbond substituents is 1. The molecule has 0 amide bonds. The van der Waals surface area contributed by atoms with E-state index in [4.69, 9.17) is 18.9 Å². The summed E-state index contributed by atoms with van der Waals surface area (Å²) >= 11 is 0. The highest BCUT2D eigenvalue weighted by molar-refractivity contribution is 5.87. The first kappa shape index (κ1) is 17.0. The summed E-state index contributed by atoms with van der Waals surface area (Å²) in [5, 5.41) is 9.47. The Hall–Kier alpha value is -2.05. The van der Waals surface area contributed by atoms with Crippen molar-refractivity contribution >= 4 is 12.0 Å². The second-order valence-electron chi connectivity index (χ2n) is 4.21. The molecule has 21 heavy (non-hydrogen) atoms. The Morgan fingerprint density at radius 3 is 2.67 bits per heavy atom. The van der Waals surface area contributed by atoms with E-state index in [2.05, 4.69) is 0 Å². The molecule has 116 valence electrons. The third-order valence-electron chi connectivity index (χ3n) is 2.71. The molecule has 0 aliphatic carbocycles. The van der Waals surface area contributed by atoms with Crippen molar-refractivity contribution in [2.24, 2.45) is 0 Å². The van der Waals surface area contributed by atoms with Gasteiger partial charge in [-0.05, 0) is 23.8 Å². The van der Waals surface area contributed by atoms with Crippen LogP contribution < -0.4 is 4.74 Å². The molecule has 1 rings (SSSR count). The zero-order valence-electron chi connectivity index (χ0n) is 12.4. The van der Waals surface area contributed by atoms with Gasteiger partial charge in [-0.15, -0.1) is 0 Å². The van der Waals surface area contributed by atoms with Crippen molar-refractivity contribution in [1.82, 2.24) is 0 Å². The molecule has 6 nitrogen and oxygen atoms in total. The molecule has 1 atom stereocenters. The van der Waals surface area contributed by atoms with Gasteiger partial charge in [-0.3, -0.25) is 0 Å². The van der Waals surface area contributed by atoms with E-state index in [1.807, 2.05) is 0 Å². The molecule has 0 aromatic heterocycles. The van der Waals surface area contributed by atoms with Crippen LogP contribution in [0.1, 0.15) is 5.56 Å². The van der Waals surface area contributed by atoms with Gasteiger partial charge in [-0.2, -0.15) is 0 Å². The fourth-order valence-corrected chi connectivity index (χ4v) is 1.56. The van der Waals surface area contributed by atoms with E-state index in [1.165, 1.54) is 26.4 Å². The van der Waals surface area contributed by atoms with Crippen LogP contribution in [0, 0.1) is 0 Å². The lowest BCUT2D eigenvalue weighted by Gasteiger charge is -2.13. The highest BCUT2D eigenvalue weighted by Crippen LogP contribution is 2.26. The molecular formula is C15H20O6. The number of carbonyl (C=O) groups excluding carboxylic acids is 1. The Morgan fingerprint density at radius 1 is 1.29 bits per heavy atom. The predicted molar refractivity (Wildman–Crippen MR) is 77.3 cm³/mol. The van der Waals surface area contributed by atoms with Crippen LogP contribution in [-0.2, 0) is 19.0 Å². The maximum Gasteiger partial charge on any atom is 0.330 e. The van der Waals surface area contributed by atoms with E-state index in [1.54, 1.807) is 25.3 Å². The number of aromatic hydroxyl groups is 1. The van der Waals surface area contributed by atoms with Gasteiger partial charge in [-0.1, -0.05) is 6.07 Å². The first-order chi connectivity index (χ1) is 10.1. The van der Waals surface area contributed by atoms with Crippen LogP contribution in [-0.4, -0.2) is 51.7 Å². The molecule has 0 bridgehead atoms. The minimum Gasteiger partial charge on any atom is -0.504 e. The number of carbonyl (C=O) groups is 1. The molecule has 0 aliphatic rings. The van der Waals surface area contributed by atoms with Gasteiger partial charge in [0.15, 0.2) is 11.5 Å². The molecule has 1 N–H and O–H groups in total. The maximum absolute atomic E-state index is 11.6. The number of phenols is 1. The van der Waals surface area contributed by atoms with Crippen molar-refractivity contribution in [3.05, 3.63) is 29.8 Å². The van der Waals surface area contributed by atoms with Gasteiger partial charge in [0, 0.05) is 20.3 Å². The number of rotatable bonds is 8. The fraction of sp³-hybridized carbons (Fsp3) is 0.400. The van der Waals surface area contributed by atoms with Crippen molar-refractivity contribution in [3.8, 4) is 11.5 Å². The average molecular weight is 296 g/mol. The lowest BCUT2D eigenvalue weighted by atomic mass is 10.2. The van der Waals surface area contributed by atoms with Gasteiger partial charge in [0.05, 0.1) is 13.7 Å². The van der Waals surface area contributed by atoms with Crippen LogP contribution in [0.15, 0.2) is 24.3 Å². The van der Waals surface area contributed by atoms with Gasteiger partial charge in [0.1, 0.15) is 12.7 Å². The zero-order valence-corrected chi connectivity index (χ0v) is 12.4. The Labute approximate surface area is 123 Å². The normalized spacial score (nSPS) is 12.3. The number of hydrogen-bond donors (Lipinski definition) is 1. The summed E-state index contributed by atoms with van der Waals surface area (Å²) < 4.78 is 20.0. The second-order valence-corrected chi connectivity index (χ2v) is 4.21. The van der Waals surface area contributed by atoms with Crippen LogP contribution in [0.25, 0.3) is 6.08 Å². The van der Waals surface area contributed by atoms with Gasteiger partial charge in [0.2, 0.25) is 0 Å². The van der Waals surface area contributed by atoms with Gasteiger partial charge in [0.25, 0.3) is 0 Å². The molecule has 1 unspecified atom stereocenters. The van der Waals surface area contributed by atoms with Crippen LogP contribution in [0.2, 0.25) is 0 Å². The maximum atomic E-state index is 11.6. The van der Waals surface area contributed by atoms with E-state index < -0.39 is 5.97 Å². The number of methoxy groups -OCH3 is 3. The quantitative estimate of drug-likeness (QED) is 0.580. The van der Waals surface area contributed by atoms with Crippen LogP contribution >= 0.6 is 0 Å². The van der Waals surface area contributed by atoms with E-state index >= 15 is 0 Å². The molecule has 6 heteroatoms. The summed E-state index contributed by atoms with van der Waals surface area (Å²) in [6, 6.07) is 4.76. The monoisotopic (exact) mass is 296 g/mol. The number of esters is 1. The molecule has 0 saturated heterocycles. The van der Waals surface area contributed by atoms with Gasteiger partial charge < -0.3 is 24.1 Å². The number of hydrogen-bond acceptors (Lipinski definition) is 6. The lowest BCUT2D eigenvalue weighted by molar-refractivity contribution is -0.142. The first-order valence-corrected chi connectivity index (χ1v) is 6.34. The summed E-state index contributed by atoms with van der Waals surface area (Å²) in [5.41, 5.74) is 0.710. The van der Waals surface area contributed by atoms with Crippen LogP contribution in [0.4, 0.5) is 0 Å². The molecule has 0 aliphatic heterocycles.